The summed E-state index contributed by atoms with van der Waals surface area (Å²) < 4.78 is 34.2. The van der Waals surface area contributed by atoms with Gasteiger partial charge in [-0.25, -0.2) is 5.48 Å². The van der Waals surface area contributed by atoms with Gasteiger partial charge in [-0.2, -0.15) is 4.89 Å². The molecule has 0 saturated carbocycles. The number of carboxylic acids is 1. The van der Waals surface area contributed by atoms with Gasteiger partial charge in [0, 0.05) is 36.2 Å². The zero-order valence-corrected chi connectivity index (χ0v) is 27.5. The van der Waals surface area contributed by atoms with Crippen LogP contribution in [0.4, 0.5) is 0 Å². The number of nitrogens with two attached hydrogens (primary N) is 1. The number of guanidine groups is 1. The van der Waals surface area contributed by atoms with Crippen LogP contribution < -0.4 is 35.0 Å². The number of aromatic hydroxyl groups is 1. The largest absolute Gasteiger partial charge is 0.508 e. The van der Waals surface area contributed by atoms with E-state index in [4.69, 9.17) is 53.9 Å². The van der Waals surface area contributed by atoms with E-state index in [9.17, 15) is 24.9 Å². The van der Waals surface area contributed by atoms with Crippen LogP contribution in [-0.4, -0.2) is 96.1 Å². The summed E-state index contributed by atoms with van der Waals surface area (Å²) in [5, 5.41) is 41.2. The third-order valence-corrected chi connectivity index (χ3v) is 8.88. The Morgan fingerprint density at radius 1 is 1.00 bits per heavy atom. The van der Waals surface area contributed by atoms with Crippen molar-refractivity contribution in [1.82, 2.24) is 5.48 Å². The second kappa shape index (κ2) is 14.6. The molecule has 0 unspecified atom stereocenters. The van der Waals surface area contributed by atoms with Crippen molar-refractivity contribution in [2.75, 3.05) is 27.1 Å². The first-order valence-corrected chi connectivity index (χ1v) is 16.1. The van der Waals surface area contributed by atoms with E-state index in [1.165, 1.54) is 7.05 Å². The number of aliphatic hydroxyl groups is 2. The van der Waals surface area contributed by atoms with E-state index in [2.05, 4.69) is 10.5 Å². The summed E-state index contributed by atoms with van der Waals surface area (Å²) in [5.41, 5.74) is 10.9. The van der Waals surface area contributed by atoms with E-state index in [0.29, 0.717) is 40.7 Å². The van der Waals surface area contributed by atoms with Crippen molar-refractivity contribution >= 4 is 17.9 Å². The van der Waals surface area contributed by atoms with Crippen molar-refractivity contribution in [2.24, 2.45) is 10.7 Å². The van der Waals surface area contributed by atoms with Crippen molar-refractivity contribution in [3.63, 3.8) is 0 Å². The summed E-state index contributed by atoms with van der Waals surface area (Å²) in [7, 11) is 1.38. The molecule has 1 fully saturated rings. The smallest absolute Gasteiger partial charge is 0.317 e. The van der Waals surface area contributed by atoms with E-state index in [0.717, 1.165) is 11.1 Å². The van der Waals surface area contributed by atoms with E-state index in [1.807, 2.05) is 12.1 Å². The first kappa shape index (κ1) is 34.9. The lowest BCUT2D eigenvalue weighted by molar-refractivity contribution is -0.372. The van der Waals surface area contributed by atoms with Gasteiger partial charge < -0.3 is 59.5 Å². The van der Waals surface area contributed by atoms with Gasteiger partial charge in [0.1, 0.15) is 54.7 Å². The lowest BCUT2D eigenvalue weighted by Crippen LogP contribution is -2.62. The highest BCUT2D eigenvalue weighted by atomic mass is 17.2. The predicted molar refractivity (Wildman–Crippen MR) is 173 cm³/mol. The molecule has 4 aliphatic heterocycles. The van der Waals surface area contributed by atoms with Crippen LogP contribution >= 0.6 is 0 Å². The fourth-order valence-electron chi connectivity index (χ4n) is 6.33. The van der Waals surface area contributed by atoms with Crippen LogP contribution in [0, 0.1) is 0 Å². The number of fused-ring (bicyclic) bond motifs is 6. The minimum absolute atomic E-state index is 0.0623. The maximum Gasteiger partial charge on any atom is 0.317 e. The summed E-state index contributed by atoms with van der Waals surface area (Å²) in [4.78, 5) is 43.6. The van der Waals surface area contributed by atoms with Crippen molar-refractivity contribution in [2.45, 2.75) is 55.6 Å². The first-order chi connectivity index (χ1) is 25.1. The number of hydrogen-bond acceptors (Lipinski definition) is 15. The number of aliphatic carboxylic acids is 1. The number of carboxylic acid groups (broad SMARTS) is 1. The highest BCUT2D eigenvalue weighted by molar-refractivity contribution is 5.90. The Hall–Kier alpha value is -5.53. The van der Waals surface area contributed by atoms with Gasteiger partial charge in [0.2, 0.25) is 12.8 Å². The van der Waals surface area contributed by atoms with Crippen molar-refractivity contribution in [3.8, 4) is 34.5 Å². The number of hydrogen-bond donors (Lipinski definition) is 6. The normalized spacial score (nSPS) is 25.5. The molecule has 7 atom stereocenters. The number of esters is 1. The molecule has 0 spiro atoms. The fourth-order valence-corrected chi connectivity index (χ4v) is 6.33. The molecule has 3 aromatic carbocycles. The van der Waals surface area contributed by atoms with E-state index >= 15 is 0 Å². The van der Waals surface area contributed by atoms with E-state index < -0.39 is 61.8 Å². The second-order valence-electron chi connectivity index (χ2n) is 12.3. The highest BCUT2D eigenvalue weighted by Crippen LogP contribution is 2.55. The maximum absolute atomic E-state index is 11.8. The Kier molecular flexibility index (Phi) is 9.80. The molecule has 18 heteroatoms. The third-order valence-electron chi connectivity index (χ3n) is 8.88. The van der Waals surface area contributed by atoms with Gasteiger partial charge in [-0.1, -0.05) is 12.1 Å². The lowest BCUT2D eigenvalue weighted by atomic mass is 9.88. The molecule has 7 N–H and O–H groups in total. The van der Waals surface area contributed by atoms with Crippen LogP contribution in [0.2, 0.25) is 0 Å². The Bertz CT molecular complexity index is 1870. The quantitative estimate of drug-likeness (QED) is 0.0402. The Balaban J connectivity index is 1.16. The molecular formula is C34H35N3O15. The van der Waals surface area contributed by atoms with Crippen molar-refractivity contribution in [3.05, 3.63) is 70.8 Å². The van der Waals surface area contributed by atoms with Crippen LogP contribution in [0.5, 0.6) is 34.5 Å². The topological polar surface area (TPSA) is 249 Å². The second-order valence-corrected chi connectivity index (χ2v) is 12.3. The molecule has 276 valence electrons. The Labute approximate surface area is 295 Å². The standard InChI is InChI=1S/C34H35N3O15/c1-36-34(35)37-50-31-29(42)26(13-45-28(41)11-27(39)40)49-33(43)32(31)52-51-21-9-19-22(7-16(21)5-15-3-2-4-17(38)6-15)44-12-20-18-8-24-25(47-14-46-24)10-23(18)48-30(19)20/h2-4,6-10,20,26,29-33,38,42-43H,5,11-14H2,1H3,(H,39,40)(H3,35,36,37)/t20-,26-,29-,30-,31+,32-,33-/m1/s1. The average Bonchev–Trinajstić information content (AvgIpc) is 3.73. The number of ether oxygens (including phenoxy) is 6. The number of rotatable bonds is 11. The average molecular weight is 726 g/mol. The molecule has 4 aliphatic rings. The van der Waals surface area contributed by atoms with Gasteiger partial charge in [-0.3, -0.25) is 19.4 Å². The molecule has 0 radical (unpaired) electrons. The minimum Gasteiger partial charge on any atom is -0.508 e. The molecule has 52 heavy (non-hydrogen) atoms. The zero-order valence-electron chi connectivity index (χ0n) is 27.5. The SMILES string of the molecule is CN=C(N)NO[C@H]1[C@H](O)[C@@H](COC(=O)CC(=O)O)O[C@@H](O)[C@@H]1OOc1cc2c(cc1Cc1cccc(O)c1)OC[C@@H]1c3cc4c(cc3O[C@H]21)OCO4. The number of carbonyl (C=O) groups is 2. The van der Waals surface area contributed by atoms with Crippen LogP contribution in [0.15, 0.2) is 53.5 Å². The van der Waals surface area contributed by atoms with Gasteiger partial charge >= 0.3 is 11.9 Å². The summed E-state index contributed by atoms with van der Waals surface area (Å²) in [6.45, 7) is -0.187. The van der Waals surface area contributed by atoms with Crippen LogP contribution in [0.3, 0.4) is 0 Å². The van der Waals surface area contributed by atoms with Crippen molar-refractivity contribution in [1.29, 1.82) is 0 Å². The van der Waals surface area contributed by atoms with Crippen LogP contribution in [-0.2, 0) is 35.2 Å². The van der Waals surface area contributed by atoms with Gasteiger partial charge in [0.25, 0.3) is 0 Å². The van der Waals surface area contributed by atoms with Crippen LogP contribution in [0.25, 0.3) is 0 Å². The number of aliphatic imine (C=N–C) groups is 1. The maximum atomic E-state index is 11.8. The lowest BCUT2D eigenvalue weighted by Gasteiger charge is -2.40. The van der Waals surface area contributed by atoms with Gasteiger partial charge in [-0.05, 0) is 35.9 Å². The van der Waals surface area contributed by atoms with E-state index in [-0.39, 0.29) is 36.6 Å². The molecular weight excluding hydrogens is 690 g/mol. The third kappa shape index (κ3) is 7.14. The fraction of sp³-hybridized carbons (Fsp3) is 0.382. The van der Waals surface area contributed by atoms with Gasteiger partial charge in [-0.15, -0.1) is 0 Å². The van der Waals surface area contributed by atoms with Gasteiger partial charge in [0.05, 0.1) is 12.5 Å². The van der Waals surface area contributed by atoms with E-state index in [1.54, 1.807) is 36.4 Å². The molecule has 0 aliphatic carbocycles. The zero-order chi connectivity index (χ0) is 36.5. The van der Waals surface area contributed by atoms with Gasteiger partial charge in [0.15, 0.2) is 29.6 Å². The first-order valence-electron chi connectivity index (χ1n) is 16.1. The monoisotopic (exact) mass is 725 g/mol. The summed E-state index contributed by atoms with van der Waals surface area (Å²) in [6.07, 6.45) is -9.04. The number of aliphatic hydroxyl groups excluding tert-OH is 2. The molecule has 0 aromatic heterocycles. The Morgan fingerprint density at radius 3 is 2.58 bits per heavy atom. The molecule has 0 bridgehead atoms. The number of hydroxylamine groups is 1. The number of benzene rings is 3. The minimum atomic E-state index is -1.84. The molecule has 4 heterocycles. The highest BCUT2D eigenvalue weighted by Gasteiger charge is 2.49. The number of carbonyl (C=O) groups excluding carboxylic acids is 1. The molecule has 3 aromatic rings. The predicted octanol–water partition coefficient (Wildman–Crippen LogP) is 0.931. The number of nitrogens with zero attached hydrogens (tertiary/aromatic N) is 1. The number of phenolic OH excluding ortho intramolecular Hbond substituents is 1. The number of phenols is 1. The summed E-state index contributed by atoms with van der Waals surface area (Å²) >= 11 is 0. The molecule has 18 nitrogen and oxygen atoms in total. The van der Waals surface area contributed by atoms with Crippen molar-refractivity contribution < 1.29 is 73.0 Å². The molecule has 7 rings (SSSR count). The molecule has 0 amide bonds. The summed E-state index contributed by atoms with van der Waals surface area (Å²) in [5.74, 6) is -0.291. The molecule has 1 saturated heterocycles. The Morgan fingerprint density at radius 2 is 1.81 bits per heavy atom. The van der Waals surface area contributed by atoms with Crippen LogP contribution in [0.1, 0.15) is 40.7 Å². The summed E-state index contributed by atoms with van der Waals surface area (Å²) in [6, 6.07) is 13.8. The number of nitrogens with one attached hydrogen (secondary N) is 1.